The Hall–Kier alpha value is -3.43. The Morgan fingerprint density at radius 1 is 1.29 bits per heavy atom. The third kappa shape index (κ3) is 6.90. The molecule has 2 aromatic rings. The van der Waals surface area contributed by atoms with Gasteiger partial charge in [-0.2, -0.15) is 4.31 Å². The summed E-state index contributed by atoms with van der Waals surface area (Å²) < 4.78 is 45.2. The van der Waals surface area contributed by atoms with Crippen molar-refractivity contribution in [2.45, 2.75) is 57.6 Å². The van der Waals surface area contributed by atoms with Crippen molar-refractivity contribution in [1.82, 2.24) is 4.31 Å². The van der Waals surface area contributed by atoms with Gasteiger partial charge in [0.15, 0.2) is 0 Å². The number of carbonyl (C=O) groups is 1. The maximum Gasteiger partial charge on any atom is 0.306 e. The van der Waals surface area contributed by atoms with Gasteiger partial charge in [0.1, 0.15) is 22.5 Å². The second kappa shape index (κ2) is 12.9. The normalized spacial score (nSPS) is 18.5. The van der Waals surface area contributed by atoms with E-state index in [-0.39, 0.29) is 49.0 Å². The van der Waals surface area contributed by atoms with E-state index in [0.29, 0.717) is 11.5 Å². The molecule has 8 nitrogen and oxygen atoms in total. The van der Waals surface area contributed by atoms with Crippen LogP contribution in [-0.4, -0.2) is 51.8 Å². The number of rotatable bonds is 10. The number of hydrogen-bond acceptors (Lipinski definition) is 7. The Bertz CT molecular complexity index is 1330. The molecule has 0 N–H and O–H groups in total. The van der Waals surface area contributed by atoms with Gasteiger partial charge in [-0.05, 0) is 69.3 Å². The predicted molar refractivity (Wildman–Crippen MR) is 148 cm³/mol. The van der Waals surface area contributed by atoms with Crippen molar-refractivity contribution in [3.05, 3.63) is 82.8 Å². The van der Waals surface area contributed by atoms with Crippen LogP contribution < -0.4 is 4.74 Å². The highest BCUT2D eigenvalue weighted by atomic mass is 32.2. The van der Waals surface area contributed by atoms with Crippen LogP contribution in [0.2, 0.25) is 0 Å². The lowest BCUT2D eigenvalue weighted by molar-refractivity contribution is -0.143. The molecule has 9 heteroatoms. The van der Waals surface area contributed by atoms with Crippen LogP contribution in [0, 0.1) is 6.92 Å². The smallest absolute Gasteiger partial charge is 0.306 e. The largest absolute Gasteiger partial charge is 0.495 e. The first-order valence-electron chi connectivity index (χ1n) is 12.5. The Labute approximate surface area is 225 Å². The number of allylic oxidation sites excluding steroid dienone is 2. The Kier molecular flexibility index (Phi) is 9.88. The van der Waals surface area contributed by atoms with Crippen LogP contribution in [-0.2, 0) is 30.8 Å². The molecule has 0 bridgehead atoms. The molecule has 1 unspecified atom stereocenters. The van der Waals surface area contributed by atoms with Gasteiger partial charge in [0.25, 0.3) is 0 Å². The fraction of sp³-hybridized carbons (Fsp3) is 0.379. The second-order valence-electron chi connectivity index (χ2n) is 9.23. The fourth-order valence-corrected chi connectivity index (χ4v) is 6.06. The number of methoxy groups -OCH3 is 1. The van der Waals surface area contributed by atoms with E-state index in [1.807, 2.05) is 45.0 Å². The van der Waals surface area contributed by atoms with Crippen molar-refractivity contribution < 1.29 is 27.4 Å². The molecule has 1 heterocycles. The highest BCUT2D eigenvalue weighted by molar-refractivity contribution is 7.89. The van der Waals surface area contributed by atoms with E-state index >= 15 is 0 Å². The van der Waals surface area contributed by atoms with Crippen molar-refractivity contribution >= 4 is 22.7 Å². The molecule has 204 valence electrons. The third-order valence-electron chi connectivity index (χ3n) is 6.43. The molecular weight excluding hydrogens is 504 g/mol. The summed E-state index contributed by atoms with van der Waals surface area (Å²) in [6, 6.07) is 12.6. The number of ether oxygens (including phenoxy) is 3. The third-order valence-corrected chi connectivity index (χ3v) is 8.28. The van der Waals surface area contributed by atoms with E-state index in [9.17, 15) is 13.2 Å². The van der Waals surface area contributed by atoms with Crippen LogP contribution in [0.1, 0.15) is 49.8 Å². The highest BCUT2D eigenvalue weighted by Gasteiger charge is 2.33. The molecular formula is C29H36N2O6S. The van der Waals surface area contributed by atoms with Crippen molar-refractivity contribution in [3.8, 4) is 5.75 Å². The minimum absolute atomic E-state index is 0.122. The minimum atomic E-state index is -3.79. The molecule has 2 aromatic carbocycles. The molecule has 3 rings (SSSR count). The summed E-state index contributed by atoms with van der Waals surface area (Å²) in [6.07, 6.45) is 3.11. The number of carbonyl (C=O) groups excluding carboxylic acids is 1. The van der Waals surface area contributed by atoms with Crippen LogP contribution in [0.3, 0.4) is 0 Å². The second-order valence-corrected chi connectivity index (χ2v) is 11.1. The monoisotopic (exact) mass is 540 g/mol. The first kappa shape index (κ1) is 29.1. The number of fused-ring (bicyclic) bond motifs is 1. The quantitative estimate of drug-likeness (QED) is 0.179. The standard InChI is InChI=1S/C29H36N2O6S/c1-7-36-29(32)16-26(21(3)14-25(35-6)17-30-5)23-13-12-20(2)24(15-23)19-31-18-22(4)37-27-10-8-9-11-28(27)38(31,33)34/h8-15,17,22,26H,5,7,16,18-19H2,1-4,6H3/b21-14+,25-17+/t22-,26?/m1/s1. The number of para-hydroxylation sites is 1. The van der Waals surface area contributed by atoms with E-state index in [2.05, 4.69) is 11.7 Å². The minimum Gasteiger partial charge on any atom is -0.495 e. The van der Waals surface area contributed by atoms with Gasteiger partial charge < -0.3 is 14.2 Å². The van der Waals surface area contributed by atoms with Crippen molar-refractivity contribution in [1.29, 1.82) is 0 Å². The number of esters is 1. The maximum atomic E-state index is 13.6. The molecule has 1 aliphatic rings. The van der Waals surface area contributed by atoms with Gasteiger partial charge in [-0.3, -0.25) is 9.79 Å². The maximum absolute atomic E-state index is 13.6. The number of sulfonamides is 1. The summed E-state index contributed by atoms with van der Waals surface area (Å²) in [5.74, 6) is 0.219. The molecule has 2 atom stereocenters. The zero-order valence-corrected chi connectivity index (χ0v) is 23.5. The number of aryl methyl sites for hydroxylation is 1. The van der Waals surface area contributed by atoms with Crippen LogP contribution >= 0.6 is 0 Å². The van der Waals surface area contributed by atoms with Crippen LogP contribution in [0.5, 0.6) is 5.75 Å². The first-order chi connectivity index (χ1) is 18.1. The number of nitrogens with zero attached hydrogens (tertiary/aromatic N) is 2. The predicted octanol–water partition coefficient (Wildman–Crippen LogP) is 5.14. The molecule has 0 amide bonds. The summed E-state index contributed by atoms with van der Waals surface area (Å²) in [5, 5.41) is 0. The van der Waals surface area contributed by atoms with Crippen molar-refractivity contribution in [2.75, 3.05) is 20.3 Å². The number of benzene rings is 2. The van der Waals surface area contributed by atoms with Gasteiger partial charge in [0, 0.05) is 12.5 Å². The topological polar surface area (TPSA) is 94.5 Å². The van der Waals surface area contributed by atoms with Crippen LogP contribution in [0.25, 0.3) is 0 Å². The van der Waals surface area contributed by atoms with Gasteiger partial charge in [0.2, 0.25) is 10.0 Å². The zero-order chi connectivity index (χ0) is 27.9. The molecule has 0 aliphatic carbocycles. The summed E-state index contributed by atoms with van der Waals surface area (Å²) >= 11 is 0. The van der Waals surface area contributed by atoms with E-state index in [4.69, 9.17) is 14.2 Å². The van der Waals surface area contributed by atoms with Crippen LogP contribution in [0.4, 0.5) is 0 Å². The van der Waals surface area contributed by atoms with Crippen molar-refractivity contribution in [3.63, 3.8) is 0 Å². The van der Waals surface area contributed by atoms with E-state index in [0.717, 1.165) is 22.3 Å². The fourth-order valence-electron chi connectivity index (χ4n) is 4.45. The van der Waals surface area contributed by atoms with Gasteiger partial charge in [0.05, 0.1) is 32.9 Å². The Morgan fingerprint density at radius 2 is 2.03 bits per heavy atom. The molecule has 1 aliphatic heterocycles. The van der Waals surface area contributed by atoms with E-state index in [1.165, 1.54) is 17.6 Å². The molecule has 0 aromatic heterocycles. The Balaban J connectivity index is 2.02. The van der Waals surface area contributed by atoms with Gasteiger partial charge in [-0.25, -0.2) is 8.42 Å². The van der Waals surface area contributed by atoms with E-state index < -0.39 is 10.0 Å². The Morgan fingerprint density at radius 3 is 2.71 bits per heavy atom. The lowest BCUT2D eigenvalue weighted by Gasteiger charge is -2.24. The molecule has 38 heavy (non-hydrogen) atoms. The molecule has 0 radical (unpaired) electrons. The van der Waals surface area contributed by atoms with Crippen LogP contribution in [0.15, 0.2) is 76.0 Å². The summed E-state index contributed by atoms with van der Waals surface area (Å²) in [7, 11) is -2.25. The van der Waals surface area contributed by atoms with Gasteiger partial charge in [-0.15, -0.1) is 0 Å². The first-order valence-corrected chi connectivity index (χ1v) is 13.9. The number of aliphatic imine (C=N–C) groups is 1. The molecule has 0 fully saturated rings. The van der Waals surface area contributed by atoms with Gasteiger partial charge in [-0.1, -0.05) is 35.9 Å². The molecule has 0 saturated heterocycles. The van der Waals surface area contributed by atoms with E-state index in [1.54, 1.807) is 31.2 Å². The molecule has 0 spiro atoms. The van der Waals surface area contributed by atoms with Crippen molar-refractivity contribution in [2.24, 2.45) is 4.99 Å². The molecule has 0 saturated carbocycles. The highest BCUT2D eigenvalue weighted by Crippen LogP contribution is 2.34. The zero-order valence-electron chi connectivity index (χ0n) is 22.6. The summed E-state index contributed by atoms with van der Waals surface area (Å²) in [6.45, 7) is 11.6. The summed E-state index contributed by atoms with van der Waals surface area (Å²) in [5.41, 5.74) is 3.52. The lowest BCUT2D eigenvalue weighted by atomic mass is 9.87. The summed E-state index contributed by atoms with van der Waals surface area (Å²) in [4.78, 5) is 16.5. The SMILES string of the molecule is C=N/C=C(\C=C(/C)C(CC(=O)OCC)c1ccc(C)c(CN2C[C@@H](C)Oc3ccccc3S2(=O)=O)c1)OC. The van der Waals surface area contributed by atoms with Gasteiger partial charge >= 0.3 is 5.97 Å². The lowest BCUT2D eigenvalue weighted by Crippen LogP contribution is -2.35. The average Bonchev–Trinajstić information content (AvgIpc) is 2.97. The average molecular weight is 541 g/mol. The number of hydrogen-bond donors (Lipinski definition) is 0.